The van der Waals surface area contributed by atoms with Gasteiger partial charge >= 0.3 is 0 Å². The molecule has 0 aromatic heterocycles. The first-order chi connectivity index (χ1) is 15.5. The van der Waals surface area contributed by atoms with Gasteiger partial charge in [0.25, 0.3) is 0 Å². The molecule has 0 unspecified atom stereocenters. The fourth-order valence-corrected chi connectivity index (χ4v) is 3.16. The zero-order valence-corrected chi connectivity index (χ0v) is 18.4. The number of hydrogen-bond donors (Lipinski definition) is 1. The molecule has 162 valence electrons. The molecule has 3 aromatic rings. The number of aryl methyl sites for hydroxylation is 2. The van der Waals surface area contributed by atoms with Crippen LogP contribution in [0, 0.1) is 25.2 Å². The predicted molar refractivity (Wildman–Crippen MR) is 124 cm³/mol. The van der Waals surface area contributed by atoms with Crippen molar-refractivity contribution in [2.24, 2.45) is 5.10 Å². The third-order valence-electron chi connectivity index (χ3n) is 4.92. The Hall–Kier alpha value is -4.11. The summed E-state index contributed by atoms with van der Waals surface area (Å²) in [5.74, 6) is 0.972. The normalized spacial score (nSPS) is 10.6. The molecule has 0 saturated heterocycles. The van der Waals surface area contributed by atoms with Gasteiger partial charge in [0, 0.05) is 0 Å². The van der Waals surface area contributed by atoms with Crippen molar-refractivity contribution in [3.63, 3.8) is 0 Å². The number of hydrogen-bond acceptors (Lipinski definition) is 5. The minimum Gasteiger partial charge on any atom is -0.493 e. The Balaban J connectivity index is 1.57. The van der Waals surface area contributed by atoms with Crippen LogP contribution in [-0.4, -0.2) is 19.2 Å². The molecule has 3 rings (SSSR count). The van der Waals surface area contributed by atoms with E-state index in [1.165, 1.54) is 5.56 Å². The molecule has 0 aliphatic rings. The molecule has 0 spiro atoms. The number of carbonyl (C=O) groups excluding carboxylic acids is 1. The van der Waals surface area contributed by atoms with Crippen LogP contribution in [0.3, 0.4) is 0 Å². The first-order valence-corrected chi connectivity index (χ1v) is 10.2. The second-order valence-corrected chi connectivity index (χ2v) is 7.41. The Bertz CT molecular complexity index is 1160. The zero-order chi connectivity index (χ0) is 22.9. The summed E-state index contributed by atoms with van der Waals surface area (Å²) in [6.07, 6.45) is 1.84. The van der Waals surface area contributed by atoms with Crippen molar-refractivity contribution in [3.8, 4) is 17.6 Å². The molecule has 1 N–H and O–H groups in total. The van der Waals surface area contributed by atoms with E-state index in [9.17, 15) is 4.79 Å². The highest BCUT2D eigenvalue weighted by molar-refractivity contribution is 5.84. The summed E-state index contributed by atoms with van der Waals surface area (Å²) in [6.45, 7) is 4.37. The molecule has 0 heterocycles. The highest BCUT2D eigenvalue weighted by Crippen LogP contribution is 2.28. The molecule has 0 radical (unpaired) electrons. The maximum absolute atomic E-state index is 12.2. The Labute approximate surface area is 188 Å². The first-order valence-electron chi connectivity index (χ1n) is 10.2. The number of rotatable bonds is 8. The summed E-state index contributed by atoms with van der Waals surface area (Å²) >= 11 is 0. The van der Waals surface area contributed by atoms with Crippen molar-refractivity contribution in [1.29, 1.82) is 5.26 Å². The number of methoxy groups -OCH3 is 1. The van der Waals surface area contributed by atoms with Crippen LogP contribution in [0.2, 0.25) is 0 Å². The summed E-state index contributed by atoms with van der Waals surface area (Å²) in [4.78, 5) is 12.2. The van der Waals surface area contributed by atoms with Gasteiger partial charge in [0.2, 0.25) is 5.91 Å². The van der Waals surface area contributed by atoms with Gasteiger partial charge in [0.1, 0.15) is 6.61 Å². The molecular formula is C26H25N3O3. The summed E-state index contributed by atoms with van der Waals surface area (Å²) in [7, 11) is 1.57. The topological polar surface area (TPSA) is 83.7 Å². The molecule has 0 aliphatic heterocycles. The van der Waals surface area contributed by atoms with Gasteiger partial charge in [-0.2, -0.15) is 10.4 Å². The molecule has 6 nitrogen and oxygen atoms in total. The number of benzene rings is 3. The molecule has 0 fully saturated rings. The van der Waals surface area contributed by atoms with Crippen LogP contribution in [0.25, 0.3) is 0 Å². The average Bonchev–Trinajstić information content (AvgIpc) is 2.80. The number of nitrogens with zero attached hydrogens (tertiary/aromatic N) is 2. The lowest BCUT2D eigenvalue weighted by Gasteiger charge is -2.11. The first kappa shape index (κ1) is 22.6. The second kappa shape index (κ2) is 10.8. The quantitative estimate of drug-likeness (QED) is 0.425. The summed E-state index contributed by atoms with van der Waals surface area (Å²) in [5.41, 5.74) is 8.12. The maximum Gasteiger partial charge on any atom is 0.244 e. The van der Waals surface area contributed by atoms with E-state index in [1.54, 1.807) is 37.6 Å². The molecule has 0 aliphatic carbocycles. The van der Waals surface area contributed by atoms with Crippen molar-refractivity contribution in [1.82, 2.24) is 5.43 Å². The van der Waals surface area contributed by atoms with E-state index in [4.69, 9.17) is 14.7 Å². The number of nitrogens with one attached hydrogen (secondary N) is 1. The largest absolute Gasteiger partial charge is 0.493 e. The molecule has 0 atom stereocenters. The lowest BCUT2D eigenvalue weighted by atomic mass is 10.0. The van der Waals surface area contributed by atoms with Gasteiger partial charge in [-0.3, -0.25) is 4.79 Å². The van der Waals surface area contributed by atoms with Crippen molar-refractivity contribution in [2.75, 3.05) is 7.11 Å². The van der Waals surface area contributed by atoms with E-state index in [-0.39, 0.29) is 12.3 Å². The van der Waals surface area contributed by atoms with Crippen LogP contribution in [0.5, 0.6) is 11.5 Å². The van der Waals surface area contributed by atoms with Crippen LogP contribution in [0.1, 0.15) is 33.4 Å². The number of ether oxygens (including phenoxy) is 2. The standard InChI is InChI=1S/C26H25N3O3/c1-18-4-10-23(19(2)12-18)14-26(30)29-28-16-22-9-11-24(25(13-22)31-3)32-17-21-7-5-20(15-27)6-8-21/h4-13,16H,14,17H2,1-3H3,(H,29,30)/b28-16-. The highest BCUT2D eigenvalue weighted by atomic mass is 16.5. The SMILES string of the molecule is COc1cc(/C=N\NC(=O)Cc2ccc(C)cc2C)ccc1OCc1ccc(C#N)cc1. The third-order valence-corrected chi connectivity index (χ3v) is 4.92. The molecule has 0 bridgehead atoms. The Kier molecular flexibility index (Phi) is 7.60. The van der Waals surface area contributed by atoms with Crippen molar-refractivity contribution in [2.45, 2.75) is 26.9 Å². The van der Waals surface area contributed by atoms with Crippen LogP contribution in [-0.2, 0) is 17.8 Å². The maximum atomic E-state index is 12.2. The van der Waals surface area contributed by atoms with Crippen LogP contribution in [0.4, 0.5) is 0 Å². The third kappa shape index (κ3) is 6.19. The van der Waals surface area contributed by atoms with Crippen LogP contribution < -0.4 is 14.9 Å². The summed E-state index contributed by atoms with van der Waals surface area (Å²) < 4.78 is 11.3. The van der Waals surface area contributed by atoms with Crippen molar-refractivity contribution in [3.05, 3.63) is 94.0 Å². The molecule has 3 aromatic carbocycles. The van der Waals surface area contributed by atoms with Gasteiger partial charge in [-0.25, -0.2) is 5.43 Å². The highest BCUT2D eigenvalue weighted by Gasteiger charge is 2.07. The second-order valence-electron chi connectivity index (χ2n) is 7.41. The van der Waals surface area contributed by atoms with Crippen LogP contribution >= 0.6 is 0 Å². The van der Waals surface area contributed by atoms with Crippen molar-refractivity contribution >= 4 is 12.1 Å². The predicted octanol–water partition coefficient (Wildman–Crippen LogP) is 4.46. The lowest BCUT2D eigenvalue weighted by Crippen LogP contribution is -2.20. The Morgan fingerprint density at radius 2 is 1.84 bits per heavy atom. The molecule has 0 saturated carbocycles. The molecule has 32 heavy (non-hydrogen) atoms. The molecule has 1 amide bonds. The van der Waals surface area contributed by atoms with E-state index in [0.717, 1.165) is 22.3 Å². The smallest absolute Gasteiger partial charge is 0.244 e. The Morgan fingerprint density at radius 1 is 1.06 bits per heavy atom. The minimum atomic E-state index is -0.178. The minimum absolute atomic E-state index is 0.178. The lowest BCUT2D eigenvalue weighted by molar-refractivity contribution is -0.120. The Morgan fingerprint density at radius 3 is 2.53 bits per heavy atom. The van der Waals surface area contributed by atoms with Crippen LogP contribution in [0.15, 0.2) is 65.8 Å². The van der Waals surface area contributed by atoms with E-state index in [2.05, 4.69) is 22.7 Å². The van der Waals surface area contributed by atoms with E-state index >= 15 is 0 Å². The molecular weight excluding hydrogens is 402 g/mol. The van der Waals surface area contributed by atoms with Gasteiger partial charge in [0.05, 0.1) is 31.4 Å². The average molecular weight is 428 g/mol. The van der Waals surface area contributed by atoms with Gasteiger partial charge in [0.15, 0.2) is 11.5 Å². The number of hydrazone groups is 1. The monoisotopic (exact) mass is 427 g/mol. The van der Waals surface area contributed by atoms with Gasteiger partial charge in [-0.1, -0.05) is 35.9 Å². The number of carbonyl (C=O) groups is 1. The van der Waals surface area contributed by atoms with E-state index in [1.807, 2.05) is 44.2 Å². The van der Waals surface area contributed by atoms with Gasteiger partial charge in [-0.15, -0.1) is 0 Å². The number of nitriles is 1. The summed E-state index contributed by atoms with van der Waals surface area (Å²) in [6, 6.07) is 20.7. The fraction of sp³-hybridized carbons (Fsp3) is 0.192. The van der Waals surface area contributed by atoms with E-state index in [0.29, 0.717) is 23.7 Å². The van der Waals surface area contributed by atoms with Gasteiger partial charge in [-0.05, 0) is 66.4 Å². The van der Waals surface area contributed by atoms with E-state index < -0.39 is 0 Å². The zero-order valence-electron chi connectivity index (χ0n) is 18.4. The fourth-order valence-electron chi connectivity index (χ4n) is 3.16. The van der Waals surface area contributed by atoms with Crippen molar-refractivity contribution < 1.29 is 14.3 Å². The molecule has 6 heteroatoms. The number of amides is 1. The summed E-state index contributed by atoms with van der Waals surface area (Å²) in [5, 5.41) is 12.9. The van der Waals surface area contributed by atoms with Gasteiger partial charge < -0.3 is 9.47 Å².